The highest BCUT2D eigenvalue weighted by molar-refractivity contribution is 7.88. The van der Waals surface area contributed by atoms with Crippen molar-refractivity contribution in [3.05, 3.63) is 30.3 Å². The Morgan fingerprint density at radius 1 is 1.09 bits per heavy atom. The second-order valence-electron chi connectivity index (χ2n) is 5.57. The van der Waals surface area contributed by atoms with E-state index in [2.05, 4.69) is 10.6 Å². The molecule has 0 bridgehead atoms. The number of urea groups is 1. The lowest BCUT2D eigenvalue weighted by Crippen LogP contribution is -2.40. The second kappa shape index (κ2) is 9.49. The molecule has 2 amide bonds. The van der Waals surface area contributed by atoms with Crippen LogP contribution in [-0.4, -0.2) is 70.2 Å². The standard InChI is InChI=1S/C15H26N4O3S/c1-18(2)11-7-12-19(23(3,21)22)13-10-16-15(20)17-14-8-5-4-6-9-14/h4-6,8-9H,7,10-13H2,1-3H3,(H2,16,17,20). The van der Waals surface area contributed by atoms with Gasteiger partial charge in [-0.1, -0.05) is 18.2 Å². The lowest BCUT2D eigenvalue weighted by molar-refractivity contribution is 0.251. The van der Waals surface area contributed by atoms with Gasteiger partial charge >= 0.3 is 6.03 Å². The quantitative estimate of drug-likeness (QED) is 0.702. The molecular formula is C15H26N4O3S. The van der Waals surface area contributed by atoms with E-state index >= 15 is 0 Å². The SMILES string of the molecule is CN(C)CCCN(CCNC(=O)Nc1ccccc1)S(C)(=O)=O. The van der Waals surface area contributed by atoms with Crippen molar-refractivity contribution in [2.45, 2.75) is 6.42 Å². The number of anilines is 1. The van der Waals surface area contributed by atoms with Crippen molar-refractivity contribution in [1.29, 1.82) is 0 Å². The van der Waals surface area contributed by atoms with Crippen LogP contribution in [0.3, 0.4) is 0 Å². The van der Waals surface area contributed by atoms with E-state index in [0.29, 0.717) is 12.2 Å². The van der Waals surface area contributed by atoms with E-state index in [-0.39, 0.29) is 19.1 Å². The molecule has 0 saturated heterocycles. The number of nitrogens with zero attached hydrogens (tertiary/aromatic N) is 2. The molecule has 23 heavy (non-hydrogen) atoms. The third-order valence-electron chi connectivity index (χ3n) is 3.16. The summed E-state index contributed by atoms with van der Waals surface area (Å²) in [4.78, 5) is 13.8. The molecule has 0 atom stereocenters. The van der Waals surface area contributed by atoms with Gasteiger partial charge in [0.2, 0.25) is 10.0 Å². The molecule has 2 N–H and O–H groups in total. The molecule has 8 heteroatoms. The van der Waals surface area contributed by atoms with Gasteiger partial charge in [-0.05, 0) is 39.2 Å². The summed E-state index contributed by atoms with van der Waals surface area (Å²) in [6.07, 6.45) is 1.93. The van der Waals surface area contributed by atoms with Crippen LogP contribution < -0.4 is 10.6 Å². The number of hydrogen-bond acceptors (Lipinski definition) is 4. The highest BCUT2D eigenvalue weighted by Gasteiger charge is 2.16. The maximum atomic E-state index is 11.8. The molecule has 0 heterocycles. The number of rotatable bonds is 9. The Labute approximate surface area is 138 Å². The number of para-hydroxylation sites is 1. The monoisotopic (exact) mass is 342 g/mol. The maximum Gasteiger partial charge on any atom is 0.319 e. The zero-order valence-electron chi connectivity index (χ0n) is 13.9. The number of benzene rings is 1. The Bertz CT molecular complexity index is 576. The molecule has 1 aromatic carbocycles. The van der Waals surface area contributed by atoms with Gasteiger partial charge in [0.25, 0.3) is 0 Å². The van der Waals surface area contributed by atoms with Gasteiger partial charge in [-0.2, -0.15) is 0 Å². The van der Waals surface area contributed by atoms with Crippen LogP contribution in [0.15, 0.2) is 30.3 Å². The Balaban J connectivity index is 2.38. The van der Waals surface area contributed by atoms with Gasteiger partial charge in [0.1, 0.15) is 0 Å². The summed E-state index contributed by atoms with van der Waals surface area (Å²) in [5.74, 6) is 0. The fraction of sp³-hybridized carbons (Fsp3) is 0.533. The number of nitrogens with one attached hydrogen (secondary N) is 2. The van der Waals surface area contributed by atoms with Crippen LogP contribution in [0.4, 0.5) is 10.5 Å². The summed E-state index contributed by atoms with van der Waals surface area (Å²) < 4.78 is 24.9. The number of sulfonamides is 1. The fourth-order valence-corrected chi connectivity index (χ4v) is 2.88. The molecule has 0 spiro atoms. The van der Waals surface area contributed by atoms with E-state index in [1.807, 2.05) is 37.2 Å². The number of hydrogen-bond donors (Lipinski definition) is 2. The van der Waals surface area contributed by atoms with Crippen molar-refractivity contribution < 1.29 is 13.2 Å². The van der Waals surface area contributed by atoms with Crippen molar-refractivity contribution in [2.24, 2.45) is 0 Å². The Hall–Kier alpha value is -1.64. The third-order valence-corrected chi connectivity index (χ3v) is 4.46. The summed E-state index contributed by atoms with van der Waals surface area (Å²) in [6.45, 7) is 1.77. The van der Waals surface area contributed by atoms with Gasteiger partial charge in [0.05, 0.1) is 6.26 Å². The van der Waals surface area contributed by atoms with Crippen molar-refractivity contribution in [3.63, 3.8) is 0 Å². The van der Waals surface area contributed by atoms with E-state index < -0.39 is 10.0 Å². The van der Waals surface area contributed by atoms with Gasteiger partial charge in [0.15, 0.2) is 0 Å². The topological polar surface area (TPSA) is 81.8 Å². The second-order valence-corrected chi connectivity index (χ2v) is 7.55. The predicted molar refractivity (Wildman–Crippen MR) is 93.1 cm³/mol. The normalized spacial score (nSPS) is 11.7. The van der Waals surface area contributed by atoms with Crippen molar-refractivity contribution in [3.8, 4) is 0 Å². The van der Waals surface area contributed by atoms with Gasteiger partial charge < -0.3 is 15.5 Å². The first-order chi connectivity index (χ1) is 10.8. The zero-order chi connectivity index (χ0) is 17.3. The predicted octanol–water partition coefficient (Wildman–Crippen LogP) is 1.02. The highest BCUT2D eigenvalue weighted by atomic mass is 32.2. The van der Waals surface area contributed by atoms with E-state index in [1.54, 1.807) is 12.1 Å². The molecule has 0 unspecified atom stereocenters. The molecule has 0 aliphatic heterocycles. The lowest BCUT2D eigenvalue weighted by atomic mass is 10.3. The summed E-state index contributed by atoms with van der Waals surface area (Å²) in [5.41, 5.74) is 0.691. The van der Waals surface area contributed by atoms with E-state index in [9.17, 15) is 13.2 Å². The van der Waals surface area contributed by atoms with Gasteiger partial charge in [-0.25, -0.2) is 17.5 Å². The van der Waals surface area contributed by atoms with Crippen LogP contribution in [0.25, 0.3) is 0 Å². The summed E-state index contributed by atoms with van der Waals surface area (Å²) in [5, 5.41) is 5.35. The largest absolute Gasteiger partial charge is 0.337 e. The van der Waals surface area contributed by atoms with Crippen LogP contribution in [0.1, 0.15) is 6.42 Å². The first-order valence-electron chi connectivity index (χ1n) is 7.49. The summed E-state index contributed by atoms with van der Waals surface area (Å²) in [7, 11) is 0.613. The molecule has 0 radical (unpaired) electrons. The Morgan fingerprint density at radius 3 is 2.30 bits per heavy atom. The molecule has 0 aliphatic rings. The number of carbonyl (C=O) groups excluding carboxylic acids is 1. The molecular weight excluding hydrogens is 316 g/mol. The first-order valence-corrected chi connectivity index (χ1v) is 9.33. The van der Waals surface area contributed by atoms with Gasteiger partial charge in [0, 0.05) is 25.3 Å². The average Bonchev–Trinajstić information content (AvgIpc) is 2.45. The molecule has 1 aromatic rings. The lowest BCUT2D eigenvalue weighted by Gasteiger charge is -2.21. The highest BCUT2D eigenvalue weighted by Crippen LogP contribution is 2.04. The van der Waals surface area contributed by atoms with Crippen LogP contribution >= 0.6 is 0 Å². The molecule has 0 aromatic heterocycles. The van der Waals surface area contributed by atoms with Gasteiger partial charge in [-0.15, -0.1) is 0 Å². The van der Waals surface area contributed by atoms with Crippen molar-refractivity contribution in [1.82, 2.24) is 14.5 Å². The molecule has 0 aliphatic carbocycles. The number of carbonyl (C=O) groups is 1. The zero-order valence-corrected chi connectivity index (χ0v) is 14.8. The third kappa shape index (κ3) is 8.53. The fourth-order valence-electron chi connectivity index (χ4n) is 2.00. The molecule has 7 nitrogen and oxygen atoms in total. The minimum atomic E-state index is -3.28. The minimum absolute atomic E-state index is 0.258. The van der Waals surface area contributed by atoms with E-state index in [4.69, 9.17) is 0 Å². The summed E-state index contributed by atoms with van der Waals surface area (Å²) in [6, 6.07) is 8.73. The molecule has 1 rings (SSSR count). The van der Waals surface area contributed by atoms with Crippen LogP contribution in [0.5, 0.6) is 0 Å². The van der Waals surface area contributed by atoms with Crippen LogP contribution in [0.2, 0.25) is 0 Å². The number of amides is 2. The van der Waals surface area contributed by atoms with E-state index in [1.165, 1.54) is 10.6 Å². The Kier molecular flexibility index (Phi) is 8.01. The van der Waals surface area contributed by atoms with Gasteiger partial charge in [-0.3, -0.25) is 0 Å². The van der Waals surface area contributed by atoms with Crippen LogP contribution in [0, 0.1) is 0 Å². The molecule has 0 fully saturated rings. The summed E-state index contributed by atoms with van der Waals surface area (Å²) >= 11 is 0. The van der Waals surface area contributed by atoms with Crippen molar-refractivity contribution in [2.75, 3.05) is 51.8 Å². The smallest absolute Gasteiger partial charge is 0.319 e. The Morgan fingerprint density at radius 2 is 1.74 bits per heavy atom. The van der Waals surface area contributed by atoms with E-state index in [0.717, 1.165) is 13.0 Å². The average molecular weight is 342 g/mol. The first kappa shape index (κ1) is 19.4. The minimum Gasteiger partial charge on any atom is -0.337 e. The molecule has 0 saturated carbocycles. The maximum absolute atomic E-state index is 11.8. The molecule has 130 valence electrons. The van der Waals surface area contributed by atoms with Crippen LogP contribution in [-0.2, 0) is 10.0 Å². The van der Waals surface area contributed by atoms with Crippen molar-refractivity contribution >= 4 is 21.7 Å².